The molecule has 300 valence electrons. The Bertz CT molecular complexity index is 2770. The molecule has 7 rings (SSSR count). The molecular weight excluding hydrogens is 773 g/mol. The summed E-state index contributed by atoms with van der Waals surface area (Å²) in [6.45, 7) is 0.0502. The Hall–Kier alpha value is -8.76. The van der Waals surface area contributed by atoms with Gasteiger partial charge in [0.25, 0.3) is 0 Å². The van der Waals surface area contributed by atoms with Crippen molar-refractivity contribution in [2.75, 3.05) is 39.6 Å². The fourth-order valence-corrected chi connectivity index (χ4v) is 8.32. The number of hydrogen-bond acceptors (Lipinski definition) is 6. The third-order valence-electron chi connectivity index (χ3n) is 10.3. The van der Waals surface area contributed by atoms with Gasteiger partial charge in [0.05, 0.1) is 24.9 Å². The molecule has 2 atom stereocenters. The molecule has 0 radical (unpaired) electrons. The summed E-state index contributed by atoms with van der Waals surface area (Å²) in [4.78, 5) is 0. The van der Waals surface area contributed by atoms with Crippen LogP contribution < -0.4 is 28.4 Å². The molecule has 1 aliphatic carbocycles. The first-order chi connectivity index (χ1) is 30.5. The first-order valence-electron chi connectivity index (χ1n) is 19.3. The van der Waals surface area contributed by atoms with Crippen LogP contribution in [0.25, 0.3) is 21.8 Å². The lowest BCUT2D eigenvalue weighted by molar-refractivity contribution is 0.285. The minimum absolute atomic E-state index is 0.0677. The molecule has 62 heavy (non-hydrogen) atoms. The molecule has 0 bridgehead atoms. The fraction of sp³-hybridized carbons (Fsp3) is 0.185. The van der Waals surface area contributed by atoms with Crippen molar-refractivity contribution >= 4 is 21.8 Å². The van der Waals surface area contributed by atoms with Crippen LogP contribution in [0.15, 0.2) is 72.8 Å². The van der Waals surface area contributed by atoms with Crippen LogP contribution in [0, 0.1) is 98.8 Å². The minimum atomic E-state index is -0.531. The quantitative estimate of drug-likeness (QED) is 0.0938. The van der Waals surface area contributed by atoms with Gasteiger partial charge in [0.15, 0.2) is 23.0 Å². The lowest BCUT2D eigenvalue weighted by Crippen LogP contribution is -2.24. The highest BCUT2D eigenvalue weighted by Gasteiger charge is 2.43. The number of rotatable bonds is 16. The summed E-state index contributed by atoms with van der Waals surface area (Å²) in [6.07, 6.45) is 46.6. The number of para-hydroxylation sites is 2. The molecule has 6 aromatic rings. The van der Waals surface area contributed by atoms with E-state index in [0.717, 1.165) is 55.4 Å². The molecule has 0 aliphatic heterocycles. The third-order valence-corrected chi connectivity index (χ3v) is 10.3. The largest absolute Gasteiger partial charge is 0.477 e. The van der Waals surface area contributed by atoms with Crippen molar-refractivity contribution < 1.29 is 28.4 Å². The van der Waals surface area contributed by atoms with Crippen LogP contribution in [0.1, 0.15) is 45.5 Å². The molecule has 8 heteroatoms. The number of hydrogen-bond donors (Lipinski definition) is 0. The molecule has 1 aliphatic rings. The number of benzene rings is 4. The normalized spacial score (nSPS) is 13.2. The Balaban J connectivity index is 1.68. The zero-order valence-electron chi connectivity index (χ0n) is 33.7. The lowest BCUT2D eigenvalue weighted by Gasteiger charge is -2.34. The van der Waals surface area contributed by atoms with Crippen LogP contribution in [0.5, 0.6) is 34.5 Å². The Morgan fingerprint density at radius 2 is 0.710 bits per heavy atom. The zero-order chi connectivity index (χ0) is 43.6. The van der Waals surface area contributed by atoms with E-state index < -0.39 is 11.8 Å². The van der Waals surface area contributed by atoms with Crippen LogP contribution in [-0.2, 0) is 13.1 Å². The van der Waals surface area contributed by atoms with E-state index in [9.17, 15) is 0 Å². The van der Waals surface area contributed by atoms with Crippen LogP contribution in [0.3, 0.4) is 0 Å². The van der Waals surface area contributed by atoms with Crippen molar-refractivity contribution in [3.63, 3.8) is 0 Å². The number of fused-ring (bicyclic) bond motifs is 6. The predicted molar refractivity (Wildman–Crippen MR) is 242 cm³/mol. The highest BCUT2D eigenvalue weighted by molar-refractivity contribution is 5.94. The lowest BCUT2D eigenvalue weighted by atomic mass is 9.72. The molecule has 0 amide bonds. The predicted octanol–water partition coefficient (Wildman–Crippen LogP) is 7.61. The maximum Gasteiger partial charge on any atom is 0.204 e. The van der Waals surface area contributed by atoms with Gasteiger partial charge < -0.3 is 37.6 Å². The van der Waals surface area contributed by atoms with Crippen molar-refractivity contribution in [1.29, 1.82) is 0 Å². The summed E-state index contributed by atoms with van der Waals surface area (Å²) in [5, 5.41) is 1.89. The first-order valence-corrected chi connectivity index (χ1v) is 19.3. The highest BCUT2D eigenvalue weighted by atomic mass is 16.5. The van der Waals surface area contributed by atoms with Gasteiger partial charge in [0.2, 0.25) is 11.5 Å². The van der Waals surface area contributed by atoms with E-state index in [1.165, 1.54) is 0 Å². The number of ether oxygens (including phenoxy) is 6. The average Bonchev–Trinajstić information content (AvgIpc) is 3.79. The molecular formula is C54H38N2O6. The molecule has 0 saturated carbocycles. The van der Waals surface area contributed by atoms with E-state index in [4.69, 9.17) is 79.8 Å². The van der Waals surface area contributed by atoms with E-state index in [-0.39, 0.29) is 64.2 Å². The standard InChI is InChI=1S/C54H38N2O6/c1-9-25-55-41-23-19-17-21-39(41)49-48(38-35-45(59-29-13-5)54(62-32-16-8)46(36-38)60-30-14-6)52-50(40-22-18-20-24-42(40)56(52)26-10-2)47(51(49)55)37-33-43(57-27-11-3)53(61-31-15-7)44(34-37)58-28-12-4/h1-8,17-24,33-36,47-48H,25-32H2. The van der Waals surface area contributed by atoms with E-state index >= 15 is 0 Å². The second-order valence-electron chi connectivity index (χ2n) is 13.7. The number of terminal acetylenes is 8. The fourth-order valence-electron chi connectivity index (χ4n) is 8.32. The van der Waals surface area contributed by atoms with Gasteiger partial charge in [-0.2, -0.15) is 0 Å². The summed E-state index contributed by atoms with van der Waals surface area (Å²) < 4.78 is 41.2. The summed E-state index contributed by atoms with van der Waals surface area (Å²) in [6, 6.07) is 23.8. The van der Waals surface area contributed by atoms with Gasteiger partial charge in [0.1, 0.15) is 39.6 Å². The van der Waals surface area contributed by atoms with Crippen molar-refractivity contribution in [2.45, 2.75) is 24.9 Å². The molecule has 2 unspecified atom stereocenters. The maximum absolute atomic E-state index is 6.22. The van der Waals surface area contributed by atoms with Crippen molar-refractivity contribution in [2.24, 2.45) is 0 Å². The maximum atomic E-state index is 6.22. The summed E-state index contributed by atoms with van der Waals surface area (Å²) in [5.41, 5.74) is 7.04. The Morgan fingerprint density at radius 1 is 0.403 bits per heavy atom. The molecule has 2 aromatic heterocycles. The summed E-state index contributed by atoms with van der Waals surface area (Å²) in [7, 11) is 0. The Kier molecular flexibility index (Phi) is 12.6. The van der Waals surface area contributed by atoms with Gasteiger partial charge in [-0.15, -0.1) is 51.4 Å². The monoisotopic (exact) mass is 810 g/mol. The van der Waals surface area contributed by atoms with Crippen molar-refractivity contribution in [1.82, 2.24) is 9.13 Å². The second-order valence-corrected chi connectivity index (χ2v) is 13.7. The van der Waals surface area contributed by atoms with Crippen molar-refractivity contribution in [3.8, 4) is 133 Å². The van der Waals surface area contributed by atoms with E-state index in [2.05, 4.69) is 80.8 Å². The van der Waals surface area contributed by atoms with Crippen molar-refractivity contribution in [3.05, 3.63) is 106 Å². The zero-order valence-corrected chi connectivity index (χ0v) is 33.7. The molecule has 0 saturated heterocycles. The number of nitrogens with zero attached hydrogens (tertiary/aromatic N) is 2. The van der Waals surface area contributed by atoms with Gasteiger partial charge in [-0.1, -0.05) is 83.8 Å². The Labute approximate surface area is 362 Å². The SMILES string of the molecule is C#CCOc1cc(C2c3c(n(CC#C)c4ccccc34)C(c3cc(OCC#C)c(OCC#C)c(OCC#C)c3)c3c2n(CC#C)c2ccccc32)cc(OCC#C)c1OCC#C. The van der Waals surface area contributed by atoms with Gasteiger partial charge in [-0.25, -0.2) is 0 Å². The Morgan fingerprint density at radius 3 is 1.02 bits per heavy atom. The third kappa shape index (κ3) is 7.51. The second kappa shape index (κ2) is 18.9. The molecule has 0 fully saturated rings. The van der Waals surface area contributed by atoms with E-state index in [1.54, 1.807) is 0 Å². The molecule has 0 spiro atoms. The van der Waals surface area contributed by atoms with Crippen LogP contribution in [0.4, 0.5) is 0 Å². The van der Waals surface area contributed by atoms with Crippen LogP contribution in [0.2, 0.25) is 0 Å². The molecule has 4 aromatic carbocycles. The number of aromatic nitrogens is 2. The topological polar surface area (TPSA) is 65.2 Å². The molecule has 0 N–H and O–H groups in total. The summed E-state index contributed by atoms with van der Waals surface area (Å²) >= 11 is 0. The van der Waals surface area contributed by atoms with E-state index in [0.29, 0.717) is 23.0 Å². The van der Waals surface area contributed by atoms with Gasteiger partial charge >= 0.3 is 0 Å². The van der Waals surface area contributed by atoms with Crippen LogP contribution >= 0.6 is 0 Å². The minimum Gasteiger partial charge on any atom is -0.477 e. The van der Waals surface area contributed by atoms with Gasteiger partial charge in [-0.05, 0) is 58.7 Å². The van der Waals surface area contributed by atoms with Gasteiger partial charge in [0, 0.05) is 33.2 Å². The molecule has 2 heterocycles. The van der Waals surface area contributed by atoms with Gasteiger partial charge in [-0.3, -0.25) is 0 Å². The average molecular weight is 811 g/mol. The highest BCUT2D eigenvalue weighted by Crippen LogP contribution is 2.57. The summed E-state index contributed by atoms with van der Waals surface area (Å²) in [5.74, 6) is 21.8. The first kappa shape index (κ1) is 41.4. The molecule has 8 nitrogen and oxygen atoms in total. The van der Waals surface area contributed by atoms with E-state index in [1.807, 2.05) is 48.5 Å². The van der Waals surface area contributed by atoms with Crippen LogP contribution in [-0.4, -0.2) is 48.8 Å². The smallest absolute Gasteiger partial charge is 0.204 e.